The molecule has 0 aromatic heterocycles. The molecule has 2 aliphatic heterocycles. The first-order valence-electron chi connectivity index (χ1n) is 9.98. The number of methoxy groups -OCH3 is 1. The molecule has 6 nitrogen and oxygen atoms in total. The molecule has 2 heterocycles. The standard InChI is InChI=1S/C22H28N2O4S/c1-17(2)24-16-22(28-20-6-4-5-7-21(20)29(24,25)26)12-13-23(15-22)14-18-8-10-19(27-3)11-9-18/h4-11,17H,12-16H2,1-3H3. The highest BCUT2D eigenvalue weighted by molar-refractivity contribution is 7.89. The average molecular weight is 417 g/mol. The molecule has 7 heteroatoms. The van der Waals surface area contributed by atoms with Gasteiger partial charge < -0.3 is 9.47 Å². The molecular formula is C22H28N2O4S. The van der Waals surface area contributed by atoms with Crippen molar-refractivity contribution < 1.29 is 17.9 Å². The molecule has 0 amide bonds. The first-order chi connectivity index (χ1) is 13.8. The van der Waals surface area contributed by atoms with E-state index in [0.29, 0.717) is 18.8 Å². The third-order valence-corrected chi connectivity index (χ3v) is 7.80. The maximum atomic E-state index is 13.3. The van der Waals surface area contributed by atoms with Crippen LogP contribution in [0.3, 0.4) is 0 Å². The summed E-state index contributed by atoms with van der Waals surface area (Å²) >= 11 is 0. The van der Waals surface area contributed by atoms with Crippen molar-refractivity contribution in [1.29, 1.82) is 0 Å². The lowest BCUT2D eigenvalue weighted by molar-refractivity contribution is 0.0532. The van der Waals surface area contributed by atoms with E-state index in [0.717, 1.165) is 25.3 Å². The van der Waals surface area contributed by atoms with Crippen LogP contribution in [0, 0.1) is 0 Å². The number of para-hydroxylation sites is 1. The summed E-state index contributed by atoms with van der Waals surface area (Å²) in [6.07, 6.45) is 0.788. The fourth-order valence-electron chi connectivity index (χ4n) is 4.23. The van der Waals surface area contributed by atoms with E-state index in [9.17, 15) is 8.42 Å². The number of likely N-dealkylation sites (tertiary alicyclic amines) is 1. The summed E-state index contributed by atoms with van der Waals surface area (Å²) in [7, 11) is -1.93. The Labute approximate surface area is 173 Å². The quantitative estimate of drug-likeness (QED) is 0.766. The zero-order chi connectivity index (χ0) is 20.6. The second-order valence-electron chi connectivity index (χ2n) is 8.18. The topological polar surface area (TPSA) is 59.1 Å². The van der Waals surface area contributed by atoms with Gasteiger partial charge in [0.15, 0.2) is 0 Å². The zero-order valence-electron chi connectivity index (χ0n) is 17.2. The highest BCUT2D eigenvalue weighted by atomic mass is 32.2. The van der Waals surface area contributed by atoms with Crippen molar-refractivity contribution in [2.24, 2.45) is 0 Å². The van der Waals surface area contributed by atoms with E-state index in [-0.39, 0.29) is 10.9 Å². The normalized spacial score (nSPS) is 24.3. The predicted octanol–water partition coefficient (Wildman–Crippen LogP) is 3.13. The lowest BCUT2D eigenvalue weighted by Crippen LogP contribution is -2.51. The van der Waals surface area contributed by atoms with Gasteiger partial charge in [0.2, 0.25) is 10.0 Å². The van der Waals surface area contributed by atoms with E-state index in [1.807, 2.05) is 32.0 Å². The molecule has 1 saturated heterocycles. The highest BCUT2D eigenvalue weighted by Crippen LogP contribution is 2.39. The van der Waals surface area contributed by atoms with Crippen molar-refractivity contribution in [3.05, 3.63) is 54.1 Å². The minimum atomic E-state index is -3.59. The van der Waals surface area contributed by atoms with Gasteiger partial charge in [-0.05, 0) is 43.7 Å². The molecule has 0 radical (unpaired) electrons. The van der Waals surface area contributed by atoms with Gasteiger partial charge in [-0.25, -0.2) is 8.42 Å². The first-order valence-corrected chi connectivity index (χ1v) is 11.4. The maximum absolute atomic E-state index is 13.3. The summed E-state index contributed by atoms with van der Waals surface area (Å²) in [5.74, 6) is 1.30. The molecule has 0 saturated carbocycles. The van der Waals surface area contributed by atoms with Crippen LogP contribution < -0.4 is 9.47 Å². The summed E-state index contributed by atoms with van der Waals surface area (Å²) in [5, 5.41) is 0. The molecule has 1 atom stereocenters. The number of hydrogen-bond donors (Lipinski definition) is 0. The molecule has 4 rings (SSSR count). The van der Waals surface area contributed by atoms with E-state index >= 15 is 0 Å². The van der Waals surface area contributed by atoms with Crippen LogP contribution in [0.2, 0.25) is 0 Å². The molecule has 0 bridgehead atoms. The molecule has 2 aromatic rings. The van der Waals surface area contributed by atoms with Gasteiger partial charge in [-0.3, -0.25) is 4.90 Å². The van der Waals surface area contributed by atoms with Gasteiger partial charge in [-0.15, -0.1) is 0 Å². The van der Waals surface area contributed by atoms with Crippen molar-refractivity contribution in [2.75, 3.05) is 26.7 Å². The molecule has 1 spiro atoms. The Morgan fingerprint density at radius 3 is 2.52 bits per heavy atom. The number of benzene rings is 2. The van der Waals surface area contributed by atoms with E-state index in [1.54, 1.807) is 29.6 Å². The third kappa shape index (κ3) is 3.86. The van der Waals surface area contributed by atoms with Gasteiger partial charge in [0.05, 0.1) is 13.7 Å². The first kappa shape index (κ1) is 20.2. The van der Waals surface area contributed by atoms with Crippen molar-refractivity contribution in [1.82, 2.24) is 9.21 Å². The largest absolute Gasteiger partial charge is 0.497 e. The number of fused-ring (bicyclic) bond motifs is 1. The van der Waals surface area contributed by atoms with Crippen LogP contribution in [0.25, 0.3) is 0 Å². The number of ether oxygens (including phenoxy) is 2. The Bertz CT molecular complexity index is 975. The molecule has 1 fully saturated rings. The van der Waals surface area contributed by atoms with Crippen molar-refractivity contribution in [3.63, 3.8) is 0 Å². The highest BCUT2D eigenvalue weighted by Gasteiger charge is 2.48. The Balaban J connectivity index is 1.60. The number of hydrogen-bond acceptors (Lipinski definition) is 5. The smallest absolute Gasteiger partial charge is 0.247 e. The number of sulfonamides is 1. The number of rotatable bonds is 4. The van der Waals surface area contributed by atoms with Gasteiger partial charge in [-0.2, -0.15) is 4.31 Å². The van der Waals surface area contributed by atoms with Gasteiger partial charge in [-0.1, -0.05) is 24.3 Å². The molecule has 1 unspecified atom stereocenters. The van der Waals surface area contributed by atoms with E-state index < -0.39 is 15.6 Å². The fourth-order valence-corrected chi connectivity index (χ4v) is 6.06. The molecule has 2 aromatic carbocycles. The van der Waals surface area contributed by atoms with Gasteiger partial charge >= 0.3 is 0 Å². The lowest BCUT2D eigenvalue weighted by atomic mass is 10.0. The predicted molar refractivity (Wildman–Crippen MR) is 112 cm³/mol. The van der Waals surface area contributed by atoms with E-state index in [4.69, 9.17) is 9.47 Å². The van der Waals surface area contributed by atoms with Crippen molar-refractivity contribution in [3.8, 4) is 11.5 Å². The van der Waals surface area contributed by atoms with Crippen molar-refractivity contribution in [2.45, 2.75) is 43.4 Å². The van der Waals surface area contributed by atoms with Crippen LogP contribution in [-0.2, 0) is 16.6 Å². The van der Waals surface area contributed by atoms with E-state index in [2.05, 4.69) is 17.0 Å². The summed E-state index contributed by atoms with van der Waals surface area (Å²) in [6, 6.07) is 14.9. The molecule has 156 valence electrons. The molecular weight excluding hydrogens is 388 g/mol. The number of nitrogens with zero attached hydrogens (tertiary/aromatic N) is 2. The third-order valence-electron chi connectivity index (χ3n) is 5.74. The Morgan fingerprint density at radius 2 is 1.83 bits per heavy atom. The summed E-state index contributed by atoms with van der Waals surface area (Å²) < 4.78 is 39.8. The minimum Gasteiger partial charge on any atom is -0.497 e. The SMILES string of the molecule is COc1ccc(CN2CCC3(C2)CN(C(C)C)S(=O)(=O)c2ccccc2O3)cc1. The zero-order valence-corrected chi connectivity index (χ0v) is 18.0. The lowest BCUT2D eigenvalue weighted by Gasteiger charge is -2.33. The van der Waals surface area contributed by atoms with Crippen molar-refractivity contribution >= 4 is 10.0 Å². The van der Waals surface area contributed by atoms with Crippen LogP contribution >= 0.6 is 0 Å². The van der Waals surface area contributed by atoms with Gasteiger partial charge in [0.25, 0.3) is 0 Å². The van der Waals surface area contributed by atoms with E-state index in [1.165, 1.54) is 5.56 Å². The Kier molecular flexibility index (Phi) is 5.31. The van der Waals surface area contributed by atoms with Crippen LogP contribution in [0.4, 0.5) is 0 Å². The Hall–Kier alpha value is -2.09. The average Bonchev–Trinajstić information content (AvgIpc) is 3.04. The fraction of sp³-hybridized carbons (Fsp3) is 0.455. The maximum Gasteiger partial charge on any atom is 0.247 e. The van der Waals surface area contributed by atoms with Crippen LogP contribution in [0.15, 0.2) is 53.4 Å². The minimum absolute atomic E-state index is 0.137. The monoisotopic (exact) mass is 416 g/mol. The molecule has 29 heavy (non-hydrogen) atoms. The van der Waals surface area contributed by atoms with Crippen LogP contribution in [0.1, 0.15) is 25.8 Å². The molecule has 0 aliphatic carbocycles. The summed E-state index contributed by atoms with van der Waals surface area (Å²) in [6.45, 7) is 6.55. The second kappa shape index (κ2) is 7.63. The summed E-state index contributed by atoms with van der Waals surface area (Å²) in [4.78, 5) is 2.60. The van der Waals surface area contributed by atoms with Crippen LogP contribution in [0.5, 0.6) is 11.5 Å². The van der Waals surface area contributed by atoms with Gasteiger partial charge in [0, 0.05) is 32.1 Å². The second-order valence-corrected chi connectivity index (χ2v) is 10.0. The van der Waals surface area contributed by atoms with Crippen LogP contribution in [-0.4, -0.2) is 56.0 Å². The van der Waals surface area contributed by atoms with Gasteiger partial charge in [0.1, 0.15) is 22.0 Å². The molecule has 0 N–H and O–H groups in total. The Morgan fingerprint density at radius 1 is 1.10 bits per heavy atom. The summed E-state index contributed by atoms with van der Waals surface area (Å²) in [5.41, 5.74) is 0.654. The molecule has 2 aliphatic rings.